The lowest BCUT2D eigenvalue weighted by Gasteiger charge is -2.23. The van der Waals surface area contributed by atoms with E-state index in [4.69, 9.17) is 4.74 Å². The van der Waals surface area contributed by atoms with Crippen LogP contribution in [0.15, 0.2) is 30.3 Å². The molecule has 27 heavy (non-hydrogen) atoms. The molecule has 1 aromatic rings. The number of rotatable bonds is 10. The first-order chi connectivity index (χ1) is 13.0. The number of hydrogen-bond acceptors (Lipinski definition) is 4. The van der Waals surface area contributed by atoms with Crippen LogP contribution in [0, 0.1) is 5.92 Å². The van der Waals surface area contributed by atoms with Gasteiger partial charge in [-0.2, -0.15) is 0 Å². The van der Waals surface area contributed by atoms with E-state index in [1.807, 2.05) is 30.3 Å². The van der Waals surface area contributed by atoms with Crippen LogP contribution in [-0.2, 0) is 25.5 Å². The van der Waals surface area contributed by atoms with E-state index >= 15 is 0 Å². The molecule has 0 aromatic heterocycles. The zero-order valence-electron chi connectivity index (χ0n) is 16.2. The maximum absolute atomic E-state index is 12.8. The highest BCUT2D eigenvalue weighted by Crippen LogP contribution is 2.15. The van der Waals surface area contributed by atoms with Crippen LogP contribution in [0.4, 0.5) is 0 Å². The molecule has 0 spiro atoms. The normalized spacial score (nSPS) is 17.4. The van der Waals surface area contributed by atoms with E-state index in [0.29, 0.717) is 19.4 Å². The molecule has 6 heteroatoms. The molecular formula is C21H30N2O4. The summed E-state index contributed by atoms with van der Waals surface area (Å²) >= 11 is 0. The monoisotopic (exact) mass is 374 g/mol. The van der Waals surface area contributed by atoms with Gasteiger partial charge in [0.2, 0.25) is 11.8 Å². The standard InChI is InChI=1S/C21H30N2O4/c1-3-8-16(9-4-2)19(24)23-18(14-15-10-6-5-7-11-15)20(25)22-17-12-13-27-21(17)26/h5-7,10-11,16-18H,3-4,8-9,12-14H2,1-2H3,(H,22,25)(H,23,24)/t17-,18-/m0/s1. The van der Waals surface area contributed by atoms with Crippen molar-refractivity contribution in [2.75, 3.05) is 6.61 Å². The van der Waals surface area contributed by atoms with Crippen LogP contribution in [0.25, 0.3) is 0 Å². The molecule has 0 saturated carbocycles. The molecule has 2 atom stereocenters. The van der Waals surface area contributed by atoms with Gasteiger partial charge in [0.15, 0.2) is 0 Å². The SMILES string of the molecule is CCCC(CCC)C(=O)N[C@@H](Cc1ccccc1)C(=O)N[C@H]1CCOC1=O. The van der Waals surface area contributed by atoms with E-state index in [9.17, 15) is 14.4 Å². The lowest BCUT2D eigenvalue weighted by molar-refractivity contribution is -0.141. The molecule has 148 valence electrons. The molecule has 1 aliphatic rings. The topological polar surface area (TPSA) is 84.5 Å². The van der Waals surface area contributed by atoms with Crippen LogP contribution >= 0.6 is 0 Å². The Labute approximate surface area is 161 Å². The molecule has 1 aliphatic heterocycles. The average Bonchev–Trinajstić information content (AvgIpc) is 3.06. The minimum Gasteiger partial charge on any atom is -0.464 e. The smallest absolute Gasteiger partial charge is 0.328 e. The van der Waals surface area contributed by atoms with Crippen molar-refractivity contribution in [3.05, 3.63) is 35.9 Å². The number of amides is 2. The minimum absolute atomic E-state index is 0.0937. The highest BCUT2D eigenvalue weighted by molar-refractivity contribution is 5.91. The zero-order valence-corrected chi connectivity index (χ0v) is 16.2. The Morgan fingerprint density at radius 1 is 1.11 bits per heavy atom. The van der Waals surface area contributed by atoms with E-state index in [0.717, 1.165) is 31.2 Å². The molecule has 0 radical (unpaired) electrons. The van der Waals surface area contributed by atoms with Crippen molar-refractivity contribution in [2.24, 2.45) is 5.92 Å². The molecule has 1 aromatic carbocycles. The molecule has 1 saturated heterocycles. The Morgan fingerprint density at radius 3 is 2.33 bits per heavy atom. The van der Waals surface area contributed by atoms with Crippen molar-refractivity contribution in [3.63, 3.8) is 0 Å². The van der Waals surface area contributed by atoms with Gasteiger partial charge in [0.1, 0.15) is 12.1 Å². The highest BCUT2D eigenvalue weighted by Gasteiger charge is 2.32. The molecule has 0 bridgehead atoms. The summed E-state index contributed by atoms with van der Waals surface area (Å²) in [5.41, 5.74) is 0.953. The van der Waals surface area contributed by atoms with Crippen LogP contribution in [0.2, 0.25) is 0 Å². The molecule has 2 amide bonds. The summed E-state index contributed by atoms with van der Waals surface area (Å²) in [7, 11) is 0. The highest BCUT2D eigenvalue weighted by atomic mass is 16.5. The van der Waals surface area contributed by atoms with Gasteiger partial charge < -0.3 is 15.4 Å². The zero-order chi connectivity index (χ0) is 19.6. The van der Waals surface area contributed by atoms with Gasteiger partial charge in [-0.25, -0.2) is 4.79 Å². The number of carbonyl (C=O) groups is 3. The third-order valence-electron chi connectivity index (χ3n) is 4.81. The summed E-state index contributed by atoms with van der Waals surface area (Å²) in [6, 6.07) is 8.20. The predicted octanol–water partition coefficient (Wildman–Crippen LogP) is 2.36. The fourth-order valence-corrected chi connectivity index (χ4v) is 3.35. The quantitative estimate of drug-likeness (QED) is 0.616. The Balaban J connectivity index is 2.09. The Bertz CT molecular complexity index is 626. The second kappa shape index (κ2) is 10.7. The van der Waals surface area contributed by atoms with Crippen LogP contribution < -0.4 is 10.6 Å². The number of hydrogen-bond donors (Lipinski definition) is 2. The Hall–Kier alpha value is -2.37. The van der Waals surface area contributed by atoms with E-state index in [-0.39, 0.29) is 17.7 Å². The average molecular weight is 374 g/mol. The maximum atomic E-state index is 12.8. The molecular weight excluding hydrogens is 344 g/mol. The fourth-order valence-electron chi connectivity index (χ4n) is 3.35. The summed E-state index contributed by atoms with van der Waals surface area (Å²) in [6.07, 6.45) is 4.28. The third-order valence-corrected chi connectivity index (χ3v) is 4.81. The summed E-state index contributed by atoms with van der Waals surface area (Å²) in [4.78, 5) is 37.2. The molecule has 2 rings (SSSR count). The van der Waals surface area contributed by atoms with E-state index in [1.165, 1.54) is 0 Å². The number of ether oxygens (including phenoxy) is 1. The van der Waals surface area contributed by atoms with Gasteiger partial charge in [0.05, 0.1) is 6.61 Å². The maximum Gasteiger partial charge on any atom is 0.328 e. The summed E-state index contributed by atoms with van der Waals surface area (Å²) in [5, 5.41) is 5.65. The molecule has 0 aliphatic carbocycles. The number of esters is 1. The summed E-state index contributed by atoms with van der Waals surface area (Å²) in [5.74, 6) is -0.947. The van der Waals surface area contributed by atoms with Gasteiger partial charge in [-0.15, -0.1) is 0 Å². The first kappa shape index (κ1) is 20.9. The van der Waals surface area contributed by atoms with E-state index in [2.05, 4.69) is 24.5 Å². The van der Waals surface area contributed by atoms with Gasteiger partial charge in [0.25, 0.3) is 0 Å². The summed E-state index contributed by atoms with van der Waals surface area (Å²) < 4.78 is 4.91. The largest absolute Gasteiger partial charge is 0.464 e. The Kier molecular flexibility index (Phi) is 8.30. The van der Waals surface area contributed by atoms with Crippen LogP contribution in [0.1, 0.15) is 51.5 Å². The third kappa shape index (κ3) is 6.38. The number of carbonyl (C=O) groups excluding carboxylic acids is 3. The van der Waals surface area contributed by atoms with E-state index < -0.39 is 18.1 Å². The van der Waals surface area contributed by atoms with Gasteiger partial charge in [0, 0.05) is 18.8 Å². The van der Waals surface area contributed by atoms with Crippen molar-refractivity contribution in [3.8, 4) is 0 Å². The van der Waals surface area contributed by atoms with Crippen molar-refractivity contribution >= 4 is 17.8 Å². The molecule has 0 unspecified atom stereocenters. The number of nitrogens with one attached hydrogen (secondary N) is 2. The molecule has 6 nitrogen and oxygen atoms in total. The number of cyclic esters (lactones) is 1. The van der Waals surface area contributed by atoms with Gasteiger partial charge in [-0.1, -0.05) is 57.0 Å². The van der Waals surface area contributed by atoms with Gasteiger partial charge in [-0.3, -0.25) is 9.59 Å². The van der Waals surface area contributed by atoms with Crippen molar-refractivity contribution in [2.45, 2.75) is 64.5 Å². The van der Waals surface area contributed by atoms with E-state index in [1.54, 1.807) is 0 Å². The minimum atomic E-state index is -0.718. The fraction of sp³-hybridized carbons (Fsp3) is 0.571. The second-order valence-electron chi connectivity index (χ2n) is 7.04. The lowest BCUT2D eigenvalue weighted by atomic mass is 9.96. The first-order valence-corrected chi connectivity index (χ1v) is 9.86. The van der Waals surface area contributed by atoms with Crippen molar-refractivity contribution in [1.29, 1.82) is 0 Å². The van der Waals surface area contributed by atoms with Crippen LogP contribution in [0.3, 0.4) is 0 Å². The molecule has 1 fully saturated rings. The van der Waals surface area contributed by atoms with Crippen molar-refractivity contribution in [1.82, 2.24) is 10.6 Å². The predicted molar refractivity (Wildman–Crippen MR) is 103 cm³/mol. The van der Waals surface area contributed by atoms with Crippen LogP contribution in [0.5, 0.6) is 0 Å². The van der Waals surface area contributed by atoms with Crippen molar-refractivity contribution < 1.29 is 19.1 Å². The lowest BCUT2D eigenvalue weighted by Crippen LogP contribution is -2.52. The molecule has 2 N–H and O–H groups in total. The van der Waals surface area contributed by atoms with Gasteiger partial charge in [-0.05, 0) is 18.4 Å². The number of benzene rings is 1. The molecule has 1 heterocycles. The Morgan fingerprint density at radius 2 is 1.78 bits per heavy atom. The van der Waals surface area contributed by atoms with Gasteiger partial charge >= 0.3 is 5.97 Å². The summed E-state index contributed by atoms with van der Waals surface area (Å²) in [6.45, 7) is 4.42. The first-order valence-electron chi connectivity index (χ1n) is 9.86. The second-order valence-corrected chi connectivity index (χ2v) is 7.04. The van der Waals surface area contributed by atoms with Crippen LogP contribution in [-0.4, -0.2) is 36.5 Å².